The average Bonchev–Trinajstić information content (AvgIpc) is 2.37. The maximum absolute atomic E-state index is 11.2. The van der Waals surface area contributed by atoms with Gasteiger partial charge in [-0.25, -0.2) is 9.97 Å². The van der Waals surface area contributed by atoms with Crippen LogP contribution in [0.2, 0.25) is 0 Å². The number of aryl methyl sites for hydroxylation is 3. The maximum Gasteiger partial charge on any atom is 0.310 e. The molecule has 1 aromatic carbocycles. The molecular weight excluding hydrogens is 264 g/mol. The zero-order chi connectivity index (χ0) is 15.6. The van der Waals surface area contributed by atoms with E-state index in [1.165, 1.54) is 5.56 Å². The summed E-state index contributed by atoms with van der Waals surface area (Å²) in [6.07, 6.45) is 0.658. The fourth-order valence-electron chi connectivity index (χ4n) is 2.63. The summed E-state index contributed by atoms with van der Waals surface area (Å²) >= 11 is 0. The number of carbonyl (C=O) groups is 1. The normalized spacial score (nSPS) is 12.2. The predicted molar refractivity (Wildman–Crippen MR) is 81.5 cm³/mol. The molecule has 4 nitrogen and oxygen atoms in total. The lowest BCUT2D eigenvalue weighted by atomic mass is 9.98. The first kappa shape index (κ1) is 15.2. The lowest BCUT2D eigenvalue weighted by molar-refractivity contribution is -0.138. The smallest absolute Gasteiger partial charge is 0.310 e. The van der Waals surface area contributed by atoms with E-state index < -0.39 is 11.9 Å². The molecule has 0 saturated carbocycles. The molecular formula is C17H20N2O2. The molecule has 1 aromatic heterocycles. The highest BCUT2D eigenvalue weighted by Gasteiger charge is 2.20. The van der Waals surface area contributed by atoms with Crippen LogP contribution in [0.3, 0.4) is 0 Å². The molecule has 1 N–H and O–H groups in total. The Kier molecular flexibility index (Phi) is 4.36. The minimum Gasteiger partial charge on any atom is -0.481 e. The van der Waals surface area contributed by atoms with Crippen LogP contribution in [0.5, 0.6) is 0 Å². The van der Waals surface area contributed by atoms with Gasteiger partial charge in [-0.3, -0.25) is 4.79 Å². The number of hydrogen-bond acceptors (Lipinski definition) is 3. The Labute approximate surface area is 124 Å². The van der Waals surface area contributed by atoms with Gasteiger partial charge in [-0.15, -0.1) is 0 Å². The van der Waals surface area contributed by atoms with Crippen molar-refractivity contribution in [3.8, 4) is 0 Å². The number of carboxylic acids is 1. The van der Waals surface area contributed by atoms with E-state index in [-0.39, 0.29) is 0 Å². The zero-order valence-corrected chi connectivity index (χ0v) is 12.8. The summed E-state index contributed by atoms with van der Waals surface area (Å²) < 4.78 is 0. The standard InChI is InChI=1S/C17H20N2O2/c1-10-6-5-7-14(8-10)9-15-18-12(3)16(13(4)19-15)11(2)17(20)21/h5-8,11H,9H2,1-4H3,(H,20,21). The van der Waals surface area contributed by atoms with E-state index in [0.717, 1.165) is 28.3 Å². The highest BCUT2D eigenvalue weighted by Crippen LogP contribution is 2.22. The third-order valence-electron chi connectivity index (χ3n) is 3.62. The van der Waals surface area contributed by atoms with Crippen molar-refractivity contribution in [3.63, 3.8) is 0 Å². The predicted octanol–water partition coefficient (Wildman–Crippen LogP) is 3.18. The molecule has 0 aliphatic heterocycles. The molecule has 0 bridgehead atoms. The second-order valence-electron chi connectivity index (χ2n) is 5.45. The fourth-order valence-corrected chi connectivity index (χ4v) is 2.63. The summed E-state index contributed by atoms with van der Waals surface area (Å²) in [4.78, 5) is 20.1. The summed E-state index contributed by atoms with van der Waals surface area (Å²) in [7, 11) is 0. The van der Waals surface area contributed by atoms with E-state index >= 15 is 0 Å². The molecule has 1 heterocycles. The number of nitrogens with zero attached hydrogens (tertiary/aromatic N) is 2. The molecule has 0 aliphatic carbocycles. The molecule has 21 heavy (non-hydrogen) atoms. The number of hydrogen-bond donors (Lipinski definition) is 1. The SMILES string of the molecule is Cc1cccc(Cc2nc(C)c(C(C)C(=O)O)c(C)n2)c1. The van der Waals surface area contributed by atoms with E-state index in [1.807, 2.05) is 19.9 Å². The highest BCUT2D eigenvalue weighted by atomic mass is 16.4. The first-order valence-corrected chi connectivity index (χ1v) is 7.01. The van der Waals surface area contributed by atoms with Crippen molar-refractivity contribution >= 4 is 5.97 Å². The summed E-state index contributed by atoms with van der Waals surface area (Å²) in [5.41, 5.74) is 4.58. The molecule has 0 amide bonds. The van der Waals surface area contributed by atoms with Crippen LogP contribution in [0.4, 0.5) is 0 Å². The second-order valence-corrected chi connectivity index (χ2v) is 5.45. The van der Waals surface area contributed by atoms with Crippen LogP contribution in [0.25, 0.3) is 0 Å². The second kappa shape index (κ2) is 6.04. The molecule has 1 unspecified atom stereocenters. The Bertz CT molecular complexity index is 657. The van der Waals surface area contributed by atoms with Crippen molar-refractivity contribution in [2.24, 2.45) is 0 Å². The third-order valence-corrected chi connectivity index (χ3v) is 3.62. The van der Waals surface area contributed by atoms with Crippen LogP contribution in [-0.2, 0) is 11.2 Å². The van der Waals surface area contributed by atoms with Crippen molar-refractivity contribution in [1.29, 1.82) is 0 Å². The van der Waals surface area contributed by atoms with Crippen LogP contribution in [0.1, 0.15) is 46.7 Å². The summed E-state index contributed by atoms with van der Waals surface area (Å²) in [5.74, 6) is -0.703. The van der Waals surface area contributed by atoms with Crippen molar-refractivity contribution in [1.82, 2.24) is 9.97 Å². The highest BCUT2D eigenvalue weighted by molar-refractivity contribution is 5.76. The first-order chi connectivity index (χ1) is 9.88. The van der Waals surface area contributed by atoms with E-state index in [1.54, 1.807) is 6.92 Å². The van der Waals surface area contributed by atoms with Gasteiger partial charge < -0.3 is 5.11 Å². The fraction of sp³-hybridized carbons (Fsp3) is 0.353. The molecule has 1 atom stereocenters. The van der Waals surface area contributed by atoms with E-state index in [4.69, 9.17) is 5.11 Å². The Hall–Kier alpha value is -2.23. The maximum atomic E-state index is 11.2. The Morgan fingerprint density at radius 1 is 1.19 bits per heavy atom. The lowest BCUT2D eigenvalue weighted by Gasteiger charge is -2.14. The number of rotatable bonds is 4. The van der Waals surface area contributed by atoms with Gasteiger partial charge in [0, 0.05) is 23.4 Å². The largest absolute Gasteiger partial charge is 0.481 e. The van der Waals surface area contributed by atoms with Gasteiger partial charge in [-0.05, 0) is 33.3 Å². The minimum absolute atomic E-state index is 0.585. The van der Waals surface area contributed by atoms with Gasteiger partial charge >= 0.3 is 5.97 Å². The van der Waals surface area contributed by atoms with E-state index in [9.17, 15) is 4.79 Å². The lowest BCUT2D eigenvalue weighted by Crippen LogP contribution is -2.14. The molecule has 2 rings (SSSR count). The molecule has 0 spiro atoms. The monoisotopic (exact) mass is 284 g/mol. The molecule has 0 fully saturated rings. The Balaban J connectivity index is 2.34. The molecule has 0 aliphatic rings. The Morgan fingerprint density at radius 3 is 2.33 bits per heavy atom. The van der Waals surface area contributed by atoms with E-state index in [2.05, 4.69) is 35.1 Å². The van der Waals surface area contributed by atoms with Crippen molar-refractivity contribution in [2.45, 2.75) is 40.0 Å². The van der Waals surface area contributed by atoms with Gasteiger partial charge in [-0.1, -0.05) is 29.8 Å². The van der Waals surface area contributed by atoms with Gasteiger partial charge in [0.05, 0.1) is 5.92 Å². The first-order valence-electron chi connectivity index (χ1n) is 7.01. The molecule has 2 aromatic rings. The number of aromatic nitrogens is 2. The van der Waals surface area contributed by atoms with Crippen LogP contribution in [-0.4, -0.2) is 21.0 Å². The molecule has 0 radical (unpaired) electrons. The number of carboxylic acid groups (broad SMARTS) is 1. The summed E-state index contributed by atoms with van der Waals surface area (Å²) in [5, 5.41) is 9.16. The van der Waals surface area contributed by atoms with Crippen LogP contribution < -0.4 is 0 Å². The number of benzene rings is 1. The van der Waals surface area contributed by atoms with Crippen LogP contribution >= 0.6 is 0 Å². The van der Waals surface area contributed by atoms with Crippen LogP contribution in [0.15, 0.2) is 24.3 Å². The van der Waals surface area contributed by atoms with Gasteiger partial charge in [-0.2, -0.15) is 0 Å². The molecule has 110 valence electrons. The van der Waals surface area contributed by atoms with E-state index in [0.29, 0.717) is 6.42 Å². The van der Waals surface area contributed by atoms with Crippen molar-refractivity contribution in [3.05, 3.63) is 58.2 Å². The van der Waals surface area contributed by atoms with Gasteiger partial charge in [0.15, 0.2) is 0 Å². The number of aliphatic carboxylic acids is 1. The third kappa shape index (κ3) is 3.45. The van der Waals surface area contributed by atoms with Gasteiger partial charge in [0.25, 0.3) is 0 Å². The zero-order valence-electron chi connectivity index (χ0n) is 12.8. The molecule has 0 saturated heterocycles. The molecule has 4 heteroatoms. The Morgan fingerprint density at radius 2 is 1.81 bits per heavy atom. The quantitative estimate of drug-likeness (QED) is 0.936. The summed E-state index contributed by atoms with van der Waals surface area (Å²) in [6, 6.07) is 8.24. The van der Waals surface area contributed by atoms with Gasteiger partial charge in [0.2, 0.25) is 0 Å². The average molecular weight is 284 g/mol. The van der Waals surface area contributed by atoms with Crippen molar-refractivity contribution < 1.29 is 9.90 Å². The minimum atomic E-state index is -0.851. The van der Waals surface area contributed by atoms with Crippen molar-refractivity contribution in [2.75, 3.05) is 0 Å². The van der Waals surface area contributed by atoms with Gasteiger partial charge in [0.1, 0.15) is 5.82 Å². The van der Waals surface area contributed by atoms with Crippen LogP contribution in [0, 0.1) is 20.8 Å². The topological polar surface area (TPSA) is 63.1 Å². The summed E-state index contributed by atoms with van der Waals surface area (Å²) in [6.45, 7) is 7.42.